The number of carbonyl (C=O) groups is 3. The highest BCUT2D eigenvalue weighted by atomic mass is 16.5. The van der Waals surface area contributed by atoms with Crippen LogP contribution in [-0.4, -0.2) is 57.4 Å². The Hall–Kier alpha value is -3.55. The van der Waals surface area contributed by atoms with Gasteiger partial charge in [-0.3, -0.25) is 14.4 Å². The van der Waals surface area contributed by atoms with Crippen LogP contribution in [0, 0.1) is 0 Å². The molecule has 8 nitrogen and oxygen atoms in total. The molecule has 2 rings (SSSR count). The Bertz CT molecular complexity index is 906. The fourth-order valence-corrected chi connectivity index (χ4v) is 2.52. The number of Topliss-reactive ketones (excluding diaryl/α,β-unsaturated/α-hetero) is 1. The SMILES string of the molecule is COc1cc(NC(=O)COc2ccc(C(C)=O)cc2)c(C(=O)N(C)C)cc1OC. The van der Waals surface area contributed by atoms with Crippen molar-refractivity contribution in [3.05, 3.63) is 47.5 Å². The molecule has 0 radical (unpaired) electrons. The molecule has 0 bridgehead atoms. The zero-order valence-corrected chi connectivity index (χ0v) is 17.1. The molecule has 1 N–H and O–H groups in total. The molecule has 0 fully saturated rings. The molecule has 0 aliphatic rings. The number of methoxy groups -OCH3 is 2. The van der Waals surface area contributed by atoms with Crippen LogP contribution in [0.5, 0.6) is 17.2 Å². The number of hydrogen-bond donors (Lipinski definition) is 1. The lowest BCUT2D eigenvalue weighted by atomic mass is 10.1. The molecule has 0 saturated carbocycles. The van der Waals surface area contributed by atoms with Crippen LogP contribution in [0.3, 0.4) is 0 Å². The molecule has 0 unspecified atom stereocenters. The van der Waals surface area contributed by atoms with Crippen LogP contribution in [0.1, 0.15) is 27.6 Å². The van der Waals surface area contributed by atoms with E-state index < -0.39 is 5.91 Å². The standard InChI is InChI=1S/C21H24N2O6/c1-13(24)14-6-8-15(9-7-14)29-12-20(25)22-17-11-19(28-5)18(27-4)10-16(17)21(26)23(2)3/h6-11H,12H2,1-5H3,(H,22,25). The summed E-state index contributed by atoms with van der Waals surface area (Å²) in [5.74, 6) is 0.377. The van der Waals surface area contributed by atoms with Crippen molar-refractivity contribution in [2.24, 2.45) is 0 Å². The first-order valence-corrected chi connectivity index (χ1v) is 8.78. The Kier molecular flexibility index (Phi) is 7.19. The van der Waals surface area contributed by atoms with Crippen LogP contribution in [0.15, 0.2) is 36.4 Å². The summed E-state index contributed by atoms with van der Waals surface area (Å²) in [7, 11) is 6.15. The third-order valence-electron chi connectivity index (χ3n) is 4.07. The molecule has 29 heavy (non-hydrogen) atoms. The average Bonchev–Trinajstić information content (AvgIpc) is 2.71. The van der Waals surface area contributed by atoms with E-state index in [4.69, 9.17) is 14.2 Å². The van der Waals surface area contributed by atoms with Gasteiger partial charge in [0.1, 0.15) is 5.75 Å². The number of ketones is 1. The lowest BCUT2D eigenvalue weighted by molar-refractivity contribution is -0.118. The van der Waals surface area contributed by atoms with Crippen molar-refractivity contribution >= 4 is 23.3 Å². The smallest absolute Gasteiger partial charge is 0.262 e. The molecule has 2 aromatic carbocycles. The van der Waals surface area contributed by atoms with Gasteiger partial charge in [0.05, 0.1) is 25.5 Å². The maximum absolute atomic E-state index is 12.5. The first-order chi connectivity index (χ1) is 13.8. The molecular formula is C21H24N2O6. The van der Waals surface area contributed by atoms with Crippen molar-refractivity contribution in [2.75, 3.05) is 40.2 Å². The summed E-state index contributed by atoms with van der Waals surface area (Å²) in [6.07, 6.45) is 0. The van der Waals surface area contributed by atoms with Crippen LogP contribution in [0.4, 0.5) is 5.69 Å². The van der Waals surface area contributed by atoms with Crippen LogP contribution < -0.4 is 19.5 Å². The van der Waals surface area contributed by atoms with E-state index in [1.807, 2.05) is 0 Å². The first kappa shape index (κ1) is 21.7. The summed E-state index contributed by atoms with van der Waals surface area (Å²) in [6, 6.07) is 9.51. The van der Waals surface area contributed by atoms with E-state index >= 15 is 0 Å². The Morgan fingerprint density at radius 3 is 2.07 bits per heavy atom. The largest absolute Gasteiger partial charge is 0.493 e. The number of benzene rings is 2. The van der Waals surface area contributed by atoms with Gasteiger partial charge in [-0.1, -0.05) is 0 Å². The highest BCUT2D eigenvalue weighted by Crippen LogP contribution is 2.34. The maximum atomic E-state index is 12.5. The minimum atomic E-state index is -0.458. The molecule has 2 amide bonds. The van der Waals surface area contributed by atoms with E-state index in [1.54, 1.807) is 38.4 Å². The van der Waals surface area contributed by atoms with Gasteiger partial charge in [-0.2, -0.15) is 0 Å². The number of nitrogens with zero attached hydrogens (tertiary/aromatic N) is 1. The Morgan fingerprint density at radius 1 is 0.966 bits per heavy atom. The topological polar surface area (TPSA) is 94.2 Å². The van der Waals surface area contributed by atoms with Gasteiger partial charge in [-0.05, 0) is 37.3 Å². The van der Waals surface area contributed by atoms with E-state index in [-0.39, 0.29) is 29.5 Å². The van der Waals surface area contributed by atoms with Gasteiger partial charge in [0.25, 0.3) is 11.8 Å². The van der Waals surface area contributed by atoms with Crippen LogP contribution in [0.2, 0.25) is 0 Å². The highest BCUT2D eigenvalue weighted by Gasteiger charge is 2.20. The summed E-state index contributed by atoms with van der Waals surface area (Å²) in [5, 5.41) is 2.67. The van der Waals surface area contributed by atoms with Gasteiger partial charge in [0.2, 0.25) is 0 Å². The fraction of sp³-hybridized carbons (Fsp3) is 0.286. The maximum Gasteiger partial charge on any atom is 0.262 e. The molecule has 0 aliphatic heterocycles. The van der Waals surface area contributed by atoms with Crippen molar-refractivity contribution < 1.29 is 28.6 Å². The van der Waals surface area contributed by atoms with Gasteiger partial charge >= 0.3 is 0 Å². The minimum absolute atomic E-state index is 0.0548. The van der Waals surface area contributed by atoms with Crippen molar-refractivity contribution in [1.29, 1.82) is 0 Å². The second kappa shape index (κ2) is 9.59. The Morgan fingerprint density at radius 2 is 1.55 bits per heavy atom. The normalized spacial score (nSPS) is 10.1. The lowest BCUT2D eigenvalue weighted by Crippen LogP contribution is -2.26. The summed E-state index contributed by atoms with van der Waals surface area (Å²) in [5.41, 5.74) is 1.09. The minimum Gasteiger partial charge on any atom is -0.493 e. The molecule has 154 valence electrons. The van der Waals surface area contributed by atoms with E-state index in [1.165, 1.54) is 38.2 Å². The lowest BCUT2D eigenvalue weighted by Gasteiger charge is -2.18. The quantitative estimate of drug-likeness (QED) is 0.685. The van der Waals surface area contributed by atoms with Crippen LogP contribution >= 0.6 is 0 Å². The molecule has 8 heteroatoms. The summed E-state index contributed by atoms with van der Waals surface area (Å²) in [4.78, 5) is 37.6. The van der Waals surface area contributed by atoms with Crippen molar-refractivity contribution in [1.82, 2.24) is 4.90 Å². The predicted molar refractivity (Wildman–Crippen MR) is 108 cm³/mol. The van der Waals surface area contributed by atoms with Gasteiger partial charge in [-0.15, -0.1) is 0 Å². The summed E-state index contributed by atoms with van der Waals surface area (Å²) >= 11 is 0. The van der Waals surface area contributed by atoms with Gasteiger partial charge in [0.15, 0.2) is 23.9 Å². The molecular weight excluding hydrogens is 376 g/mol. The molecule has 0 heterocycles. The van der Waals surface area contributed by atoms with Gasteiger partial charge in [-0.25, -0.2) is 0 Å². The van der Waals surface area contributed by atoms with Crippen LogP contribution in [0.25, 0.3) is 0 Å². The van der Waals surface area contributed by atoms with E-state index in [2.05, 4.69) is 5.32 Å². The number of amides is 2. The predicted octanol–water partition coefficient (Wildman–Crippen LogP) is 2.63. The number of rotatable bonds is 8. The van der Waals surface area contributed by atoms with E-state index in [0.29, 0.717) is 22.8 Å². The molecule has 2 aromatic rings. The summed E-state index contributed by atoms with van der Waals surface area (Å²) in [6.45, 7) is 1.20. The van der Waals surface area contributed by atoms with Crippen molar-refractivity contribution in [3.63, 3.8) is 0 Å². The second-order valence-electron chi connectivity index (χ2n) is 6.37. The van der Waals surface area contributed by atoms with E-state index in [9.17, 15) is 14.4 Å². The Labute approximate surface area is 169 Å². The number of ether oxygens (including phenoxy) is 3. The molecule has 0 spiro atoms. The average molecular weight is 400 g/mol. The third-order valence-corrected chi connectivity index (χ3v) is 4.07. The van der Waals surface area contributed by atoms with Gasteiger partial charge < -0.3 is 24.4 Å². The zero-order chi connectivity index (χ0) is 21.6. The fourth-order valence-electron chi connectivity index (χ4n) is 2.52. The molecule has 0 aromatic heterocycles. The van der Waals surface area contributed by atoms with Gasteiger partial charge in [0, 0.05) is 25.7 Å². The monoisotopic (exact) mass is 400 g/mol. The molecule has 0 atom stereocenters. The van der Waals surface area contributed by atoms with Crippen LogP contribution in [-0.2, 0) is 4.79 Å². The number of nitrogens with one attached hydrogen (secondary N) is 1. The zero-order valence-electron chi connectivity index (χ0n) is 17.1. The number of carbonyl (C=O) groups excluding carboxylic acids is 3. The molecule has 0 aliphatic carbocycles. The Balaban J connectivity index is 2.17. The van der Waals surface area contributed by atoms with Crippen molar-refractivity contribution in [2.45, 2.75) is 6.92 Å². The molecule has 0 saturated heterocycles. The van der Waals surface area contributed by atoms with E-state index in [0.717, 1.165) is 0 Å². The number of anilines is 1. The highest BCUT2D eigenvalue weighted by molar-refractivity contribution is 6.04. The second-order valence-corrected chi connectivity index (χ2v) is 6.37. The third kappa shape index (κ3) is 5.47. The number of hydrogen-bond acceptors (Lipinski definition) is 6. The van der Waals surface area contributed by atoms with Crippen molar-refractivity contribution in [3.8, 4) is 17.2 Å². The first-order valence-electron chi connectivity index (χ1n) is 8.78. The summed E-state index contributed by atoms with van der Waals surface area (Å²) < 4.78 is 15.9.